The summed E-state index contributed by atoms with van der Waals surface area (Å²) in [5.74, 6) is -0.339. The Labute approximate surface area is 78.4 Å². The maximum absolute atomic E-state index is 11.3. The quantitative estimate of drug-likeness (QED) is 0.649. The summed E-state index contributed by atoms with van der Waals surface area (Å²) < 4.78 is 9.95. The highest BCUT2D eigenvalue weighted by Gasteiger charge is 2.22. The van der Waals surface area contributed by atoms with E-state index in [0.717, 1.165) is 25.7 Å². The Bertz CT molecular complexity index is 166. The third-order valence-corrected chi connectivity index (χ3v) is 2.23. The Morgan fingerprint density at radius 3 is 2.69 bits per heavy atom. The van der Waals surface area contributed by atoms with Gasteiger partial charge in [-0.1, -0.05) is 0 Å². The van der Waals surface area contributed by atoms with Crippen LogP contribution in [-0.4, -0.2) is 31.8 Å². The molecule has 1 atom stereocenters. The first-order chi connectivity index (χ1) is 6.24. The predicted molar refractivity (Wildman–Crippen MR) is 48.2 cm³/mol. The van der Waals surface area contributed by atoms with Crippen molar-refractivity contribution >= 4 is 5.97 Å². The van der Waals surface area contributed by atoms with Gasteiger partial charge in [0.25, 0.3) is 0 Å². The van der Waals surface area contributed by atoms with Crippen LogP contribution in [-0.2, 0) is 14.3 Å². The second-order valence-electron chi connectivity index (χ2n) is 3.41. The van der Waals surface area contributed by atoms with E-state index in [1.54, 1.807) is 0 Å². The van der Waals surface area contributed by atoms with Crippen LogP contribution in [0.15, 0.2) is 0 Å². The molecular weight excluding hydrogens is 170 g/mol. The molecule has 1 saturated carbocycles. The normalized spacial score (nSPS) is 20.2. The fourth-order valence-corrected chi connectivity index (χ4v) is 1.51. The van der Waals surface area contributed by atoms with Gasteiger partial charge in [-0.3, -0.25) is 4.79 Å². The van der Waals surface area contributed by atoms with E-state index in [1.165, 1.54) is 7.11 Å². The summed E-state index contributed by atoms with van der Waals surface area (Å²) in [7, 11) is 1.52. The topological polar surface area (TPSA) is 61.5 Å². The first-order valence-electron chi connectivity index (χ1n) is 4.69. The molecule has 0 aromatic rings. The number of rotatable bonds is 4. The lowest BCUT2D eigenvalue weighted by atomic mass is 10.3. The molecule has 1 fully saturated rings. The monoisotopic (exact) mass is 187 g/mol. The average Bonchev–Trinajstić information content (AvgIpc) is 2.57. The molecule has 0 bridgehead atoms. The van der Waals surface area contributed by atoms with E-state index in [0.29, 0.717) is 0 Å². The molecule has 0 aliphatic heterocycles. The second-order valence-corrected chi connectivity index (χ2v) is 3.41. The predicted octanol–water partition coefficient (Wildman–Crippen LogP) is 0.446. The molecule has 1 unspecified atom stereocenters. The number of carbonyl (C=O) groups is 1. The van der Waals surface area contributed by atoms with E-state index in [4.69, 9.17) is 15.2 Å². The zero-order valence-electron chi connectivity index (χ0n) is 7.99. The van der Waals surface area contributed by atoms with Crippen LogP contribution in [0.2, 0.25) is 0 Å². The number of ether oxygens (including phenoxy) is 2. The SMILES string of the molecule is COCC(N)C(=O)OC1CCCC1. The van der Waals surface area contributed by atoms with Crippen molar-refractivity contribution in [1.82, 2.24) is 0 Å². The summed E-state index contributed by atoms with van der Waals surface area (Å²) in [6.07, 6.45) is 4.35. The van der Waals surface area contributed by atoms with Gasteiger partial charge in [0.15, 0.2) is 0 Å². The summed E-state index contributed by atoms with van der Waals surface area (Å²) >= 11 is 0. The molecule has 2 N–H and O–H groups in total. The molecule has 0 spiro atoms. The lowest BCUT2D eigenvalue weighted by Crippen LogP contribution is -2.38. The number of hydrogen-bond acceptors (Lipinski definition) is 4. The number of methoxy groups -OCH3 is 1. The number of carbonyl (C=O) groups excluding carboxylic acids is 1. The molecule has 1 rings (SSSR count). The molecule has 4 heteroatoms. The first kappa shape index (κ1) is 10.5. The van der Waals surface area contributed by atoms with Crippen LogP contribution in [0.3, 0.4) is 0 Å². The van der Waals surface area contributed by atoms with Crippen molar-refractivity contribution in [3.05, 3.63) is 0 Å². The lowest BCUT2D eigenvalue weighted by molar-refractivity contribution is -0.151. The third kappa shape index (κ3) is 3.32. The maximum Gasteiger partial charge on any atom is 0.325 e. The molecule has 1 aliphatic carbocycles. The van der Waals surface area contributed by atoms with Crippen molar-refractivity contribution in [2.75, 3.05) is 13.7 Å². The molecule has 0 aromatic carbocycles. The van der Waals surface area contributed by atoms with Crippen LogP contribution in [0.1, 0.15) is 25.7 Å². The summed E-state index contributed by atoms with van der Waals surface area (Å²) in [6, 6.07) is -0.634. The van der Waals surface area contributed by atoms with E-state index in [9.17, 15) is 4.79 Å². The van der Waals surface area contributed by atoms with Gasteiger partial charge < -0.3 is 15.2 Å². The van der Waals surface area contributed by atoms with E-state index in [2.05, 4.69) is 0 Å². The molecular formula is C9H17NO3. The zero-order chi connectivity index (χ0) is 9.68. The highest BCUT2D eigenvalue weighted by molar-refractivity contribution is 5.75. The van der Waals surface area contributed by atoms with Gasteiger partial charge in [0, 0.05) is 7.11 Å². The number of nitrogens with two attached hydrogens (primary N) is 1. The number of esters is 1. The molecule has 13 heavy (non-hydrogen) atoms. The van der Waals surface area contributed by atoms with Crippen molar-refractivity contribution in [2.24, 2.45) is 5.73 Å². The largest absolute Gasteiger partial charge is 0.461 e. The Balaban J connectivity index is 2.22. The van der Waals surface area contributed by atoms with Gasteiger partial charge in [0.05, 0.1) is 6.61 Å². The molecule has 0 amide bonds. The Kier molecular flexibility index (Phi) is 4.18. The van der Waals surface area contributed by atoms with Crippen molar-refractivity contribution < 1.29 is 14.3 Å². The highest BCUT2D eigenvalue weighted by atomic mass is 16.5. The standard InChI is InChI=1S/C9H17NO3/c1-12-6-8(10)9(11)13-7-4-2-3-5-7/h7-8H,2-6,10H2,1H3. The molecule has 0 radical (unpaired) electrons. The number of hydrogen-bond donors (Lipinski definition) is 1. The van der Waals surface area contributed by atoms with Gasteiger partial charge in [0.1, 0.15) is 12.1 Å². The van der Waals surface area contributed by atoms with Crippen LogP contribution < -0.4 is 5.73 Å². The van der Waals surface area contributed by atoms with E-state index >= 15 is 0 Å². The summed E-state index contributed by atoms with van der Waals surface area (Å²) in [5, 5.41) is 0. The van der Waals surface area contributed by atoms with E-state index in [-0.39, 0.29) is 18.7 Å². The fourth-order valence-electron chi connectivity index (χ4n) is 1.51. The van der Waals surface area contributed by atoms with Gasteiger partial charge in [-0.15, -0.1) is 0 Å². The average molecular weight is 187 g/mol. The molecule has 4 nitrogen and oxygen atoms in total. The third-order valence-electron chi connectivity index (χ3n) is 2.23. The van der Waals surface area contributed by atoms with E-state index < -0.39 is 6.04 Å². The first-order valence-corrected chi connectivity index (χ1v) is 4.69. The minimum atomic E-state index is -0.634. The Morgan fingerprint density at radius 1 is 1.54 bits per heavy atom. The molecule has 0 aromatic heterocycles. The molecule has 0 heterocycles. The second kappa shape index (κ2) is 5.19. The molecule has 1 aliphatic rings. The van der Waals surface area contributed by atoms with Crippen molar-refractivity contribution in [1.29, 1.82) is 0 Å². The fraction of sp³-hybridized carbons (Fsp3) is 0.889. The summed E-state index contributed by atoms with van der Waals surface area (Å²) in [6.45, 7) is 0.228. The summed E-state index contributed by atoms with van der Waals surface area (Å²) in [5.41, 5.74) is 5.51. The summed E-state index contributed by atoms with van der Waals surface area (Å²) in [4.78, 5) is 11.3. The van der Waals surface area contributed by atoms with E-state index in [1.807, 2.05) is 0 Å². The Morgan fingerprint density at radius 2 is 2.15 bits per heavy atom. The van der Waals surface area contributed by atoms with Crippen molar-refractivity contribution in [2.45, 2.75) is 37.8 Å². The van der Waals surface area contributed by atoms with Gasteiger partial charge in [0.2, 0.25) is 0 Å². The lowest BCUT2D eigenvalue weighted by Gasteiger charge is -2.14. The molecule has 0 saturated heterocycles. The zero-order valence-corrected chi connectivity index (χ0v) is 7.99. The van der Waals surface area contributed by atoms with Crippen LogP contribution >= 0.6 is 0 Å². The van der Waals surface area contributed by atoms with Gasteiger partial charge in [-0.25, -0.2) is 0 Å². The van der Waals surface area contributed by atoms with Gasteiger partial charge in [-0.05, 0) is 25.7 Å². The minimum Gasteiger partial charge on any atom is -0.461 e. The minimum absolute atomic E-state index is 0.0930. The van der Waals surface area contributed by atoms with Crippen LogP contribution in [0.25, 0.3) is 0 Å². The van der Waals surface area contributed by atoms with Gasteiger partial charge in [-0.2, -0.15) is 0 Å². The van der Waals surface area contributed by atoms with Gasteiger partial charge >= 0.3 is 5.97 Å². The van der Waals surface area contributed by atoms with Crippen LogP contribution in [0, 0.1) is 0 Å². The Hall–Kier alpha value is -0.610. The molecule has 76 valence electrons. The van der Waals surface area contributed by atoms with Crippen LogP contribution in [0.5, 0.6) is 0 Å². The van der Waals surface area contributed by atoms with Crippen molar-refractivity contribution in [3.8, 4) is 0 Å². The highest BCUT2D eigenvalue weighted by Crippen LogP contribution is 2.21. The van der Waals surface area contributed by atoms with Crippen molar-refractivity contribution in [3.63, 3.8) is 0 Å². The smallest absolute Gasteiger partial charge is 0.325 e. The van der Waals surface area contributed by atoms with Crippen LogP contribution in [0.4, 0.5) is 0 Å². The maximum atomic E-state index is 11.3.